The summed E-state index contributed by atoms with van der Waals surface area (Å²) in [6.07, 6.45) is -0.0901. The first-order chi connectivity index (χ1) is 9.70. The van der Waals surface area contributed by atoms with Crippen LogP contribution in [0, 0.1) is 0 Å². The van der Waals surface area contributed by atoms with Gasteiger partial charge in [0.15, 0.2) is 0 Å². The van der Waals surface area contributed by atoms with Crippen molar-refractivity contribution in [1.82, 2.24) is 5.32 Å². The molecule has 2 nitrogen and oxygen atoms in total. The third kappa shape index (κ3) is 4.22. The quantitative estimate of drug-likeness (QED) is 0.850. The van der Waals surface area contributed by atoms with E-state index in [4.69, 9.17) is 27.9 Å². The second-order valence-corrected chi connectivity index (χ2v) is 5.35. The minimum atomic E-state index is -0.0901. The molecule has 0 aliphatic heterocycles. The normalized spacial score (nSPS) is 12.3. The van der Waals surface area contributed by atoms with Crippen LogP contribution in [0.3, 0.4) is 0 Å². The Labute approximate surface area is 129 Å². The van der Waals surface area contributed by atoms with E-state index in [1.54, 1.807) is 0 Å². The van der Waals surface area contributed by atoms with E-state index in [0.29, 0.717) is 18.2 Å². The van der Waals surface area contributed by atoms with Gasteiger partial charge < -0.3 is 10.1 Å². The molecule has 0 heterocycles. The molecular weight excluding hydrogens is 293 g/mol. The summed E-state index contributed by atoms with van der Waals surface area (Å²) in [5.41, 5.74) is 2.04. The van der Waals surface area contributed by atoms with Crippen LogP contribution in [0.2, 0.25) is 10.0 Å². The lowest BCUT2D eigenvalue weighted by Gasteiger charge is -2.19. The highest BCUT2D eigenvalue weighted by atomic mass is 35.5. The molecule has 0 fully saturated rings. The zero-order chi connectivity index (χ0) is 14.4. The van der Waals surface area contributed by atoms with Crippen LogP contribution < -0.4 is 5.32 Å². The highest BCUT2D eigenvalue weighted by molar-refractivity contribution is 6.31. The Morgan fingerprint density at radius 1 is 1.10 bits per heavy atom. The Morgan fingerprint density at radius 3 is 2.60 bits per heavy atom. The number of hydrogen-bond donors (Lipinski definition) is 1. The number of halogens is 2. The van der Waals surface area contributed by atoms with Gasteiger partial charge in [-0.2, -0.15) is 0 Å². The molecule has 20 heavy (non-hydrogen) atoms. The van der Waals surface area contributed by atoms with E-state index < -0.39 is 0 Å². The summed E-state index contributed by atoms with van der Waals surface area (Å²) in [6.45, 7) is 1.20. The summed E-state index contributed by atoms with van der Waals surface area (Å²) in [6, 6.07) is 15.4. The number of nitrogens with one attached hydrogen (secondary N) is 1. The Balaban J connectivity index is 2.08. The molecule has 1 atom stereocenters. The van der Waals surface area contributed by atoms with Crippen molar-refractivity contribution in [2.45, 2.75) is 12.7 Å². The fraction of sp³-hybridized carbons (Fsp3) is 0.250. The van der Waals surface area contributed by atoms with Crippen LogP contribution in [-0.2, 0) is 11.3 Å². The van der Waals surface area contributed by atoms with Crippen LogP contribution in [-0.4, -0.2) is 13.6 Å². The topological polar surface area (TPSA) is 21.3 Å². The van der Waals surface area contributed by atoms with Crippen molar-refractivity contribution in [3.8, 4) is 0 Å². The predicted molar refractivity (Wildman–Crippen MR) is 84.4 cm³/mol. The highest BCUT2D eigenvalue weighted by Gasteiger charge is 2.14. The van der Waals surface area contributed by atoms with Gasteiger partial charge in [0.2, 0.25) is 0 Å². The first-order valence-corrected chi connectivity index (χ1v) is 7.21. The third-order valence-electron chi connectivity index (χ3n) is 2.98. The predicted octanol–water partition coefficient (Wildman–Crippen LogP) is 4.47. The molecule has 4 heteroatoms. The zero-order valence-corrected chi connectivity index (χ0v) is 12.8. The number of rotatable bonds is 6. The number of likely N-dealkylation sites (N-methyl/N-ethyl adjacent to an activating group) is 1. The van der Waals surface area contributed by atoms with Gasteiger partial charge in [0, 0.05) is 22.2 Å². The molecule has 0 radical (unpaired) electrons. The lowest BCUT2D eigenvalue weighted by Crippen LogP contribution is -2.20. The van der Waals surface area contributed by atoms with Crippen molar-refractivity contribution < 1.29 is 4.74 Å². The summed E-state index contributed by atoms with van der Waals surface area (Å²) in [5, 5.41) is 4.57. The maximum atomic E-state index is 6.23. The van der Waals surface area contributed by atoms with Crippen LogP contribution in [0.25, 0.3) is 0 Å². The molecule has 0 aliphatic rings. The van der Waals surface area contributed by atoms with Crippen LogP contribution in [0.5, 0.6) is 0 Å². The van der Waals surface area contributed by atoms with Gasteiger partial charge >= 0.3 is 0 Å². The van der Waals surface area contributed by atoms with E-state index in [9.17, 15) is 0 Å². The van der Waals surface area contributed by atoms with Crippen molar-refractivity contribution in [2.75, 3.05) is 13.6 Å². The Hall–Kier alpha value is -1.06. The Bertz CT molecular complexity index is 560. The minimum absolute atomic E-state index is 0.0901. The summed E-state index contributed by atoms with van der Waals surface area (Å²) < 4.78 is 5.98. The van der Waals surface area contributed by atoms with Gasteiger partial charge in [0.25, 0.3) is 0 Å². The van der Waals surface area contributed by atoms with Crippen LogP contribution >= 0.6 is 23.2 Å². The molecule has 0 aromatic heterocycles. The molecule has 0 spiro atoms. The number of ether oxygens (including phenoxy) is 1. The van der Waals surface area contributed by atoms with E-state index in [0.717, 1.165) is 16.1 Å². The molecule has 2 aromatic carbocycles. The van der Waals surface area contributed by atoms with Gasteiger partial charge in [-0.05, 0) is 30.8 Å². The lowest BCUT2D eigenvalue weighted by atomic mass is 10.1. The maximum Gasteiger partial charge on any atom is 0.0968 e. The Kier molecular flexibility index (Phi) is 5.86. The number of hydrogen-bond acceptors (Lipinski definition) is 2. The highest BCUT2D eigenvalue weighted by Crippen LogP contribution is 2.26. The van der Waals surface area contributed by atoms with E-state index in [1.165, 1.54) is 0 Å². The van der Waals surface area contributed by atoms with Crippen LogP contribution in [0.4, 0.5) is 0 Å². The zero-order valence-electron chi connectivity index (χ0n) is 11.3. The largest absolute Gasteiger partial charge is 0.367 e. The van der Waals surface area contributed by atoms with Crippen LogP contribution in [0.1, 0.15) is 17.2 Å². The van der Waals surface area contributed by atoms with Gasteiger partial charge in [0.1, 0.15) is 0 Å². The van der Waals surface area contributed by atoms with Crippen molar-refractivity contribution in [3.05, 3.63) is 69.7 Å². The van der Waals surface area contributed by atoms with Gasteiger partial charge in [0.05, 0.1) is 12.7 Å². The first-order valence-electron chi connectivity index (χ1n) is 6.46. The van der Waals surface area contributed by atoms with E-state index in [1.807, 2.05) is 55.6 Å². The smallest absolute Gasteiger partial charge is 0.0968 e. The minimum Gasteiger partial charge on any atom is -0.367 e. The van der Waals surface area contributed by atoms with Gasteiger partial charge in [-0.1, -0.05) is 53.5 Å². The molecule has 1 unspecified atom stereocenters. The molecule has 1 N–H and O–H groups in total. The fourth-order valence-electron chi connectivity index (χ4n) is 2.00. The molecule has 0 aliphatic carbocycles. The maximum absolute atomic E-state index is 6.23. The average Bonchev–Trinajstić information content (AvgIpc) is 2.44. The molecule has 0 amide bonds. The molecule has 0 saturated carbocycles. The standard InChI is InChI=1S/C16H17Cl2NO/c1-19-10-16(14-7-2-3-8-15(14)18)20-11-12-5-4-6-13(17)9-12/h2-9,16,19H,10-11H2,1H3. The van der Waals surface area contributed by atoms with Gasteiger partial charge in [-0.25, -0.2) is 0 Å². The molecule has 2 aromatic rings. The molecule has 0 bridgehead atoms. The van der Waals surface area contributed by atoms with E-state index in [-0.39, 0.29) is 6.10 Å². The van der Waals surface area contributed by atoms with Crippen molar-refractivity contribution in [1.29, 1.82) is 0 Å². The van der Waals surface area contributed by atoms with Crippen molar-refractivity contribution in [3.63, 3.8) is 0 Å². The summed E-state index contributed by atoms with van der Waals surface area (Å²) in [4.78, 5) is 0. The average molecular weight is 310 g/mol. The molecule has 106 valence electrons. The SMILES string of the molecule is CNCC(OCc1cccc(Cl)c1)c1ccccc1Cl. The third-order valence-corrected chi connectivity index (χ3v) is 3.56. The summed E-state index contributed by atoms with van der Waals surface area (Å²) in [7, 11) is 1.90. The first kappa shape index (κ1) is 15.3. The monoisotopic (exact) mass is 309 g/mol. The summed E-state index contributed by atoms with van der Waals surface area (Å²) >= 11 is 12.2. The Morgan fingerprint density at radius 2 is 1.90 bits per heavy atom. The van der Waals surface area contributed by atoms with Gasteiger partial charge in [-0.3, -0.25) is 0 Å². The molecular formula is C16H17Cl2NO. The summed E-state index contributed by atoms with van der Waals surface area (Å²) in [5.74, 6) is 0. The van der Waals surface area contributed by atoms with Crippen molar-refractivity contribution >= 4 is 23.2 Å². The van der Waals surface area contributed by atoms with Gasteiger partial charge in [-0.15, -0.1) is 0 Å². The molecule has 0 saturated heterocycles. The van der Waals surface area contributed by atoms with E-state index in [2.05, 4.69) is 5.32 Å². The fourth-order valence-corrected chi connectivity index (χ4v) is 2.47. The number of benzene rings is 2. The van der Waals surface area contributed by atoms with Crippen molar-refractivity contribution in [2.24, 2.45) is 0 Å². The van der Waals surface area contributed by atoms with E-state index >= 15 is 0 Å². The molecule has 2 rings (SSSR count). The van der Waals surface area contributed by atoms with Crippen LogP contribution in [0.15, 0.2) is 48.5 Å². The lowest BCUT2D eigenvalue weighted by molar-refractivity contribution is 0.0411. The second-order valence-electron chi connectivity index (χ2n) is 4.51. The second kappa shape index (κ2) is 7.65.